The van der Waals surface area contributed by atoms with Gasteiger partial charge in [0.25, 0.3) is 5.91 Å². The molecule has 0 atom stereocenters. The second-order valence-corrected chi connectivity index (χ2v) is 7.56. The van der Waals surface area contributed by atoms with Gasteiger partial charge in [-0.05, 0) is 72.9 Å². The molecule has 0 aliphatic heterocycles. The lowest BCUT2D eigenvalue weighted by molar-refractivity contribution is 0.0945. The van der Waals surface area contributed by atoms with Gasteiger partial charge in [-0.15, -0.1) is 0 Å². The lowest BCUT2D eigenvalue weighted by atomic mass is 9.97. The van der Waals surface area contributed by atoms with Gasteiger partial charge < -0.3 is 9.84 Å². The lowest BCUT2D eigenvalue weighted by Crippen LogP contribution is -2.24. The van der Waals surface area contributed by atoms with Crippen LogP contribution in [0.4, 0.5) is 0 Å². The van der Waals surface area contributed by atoms with E-state index >= 15 is 0 Å². The smallest absolute Gasteiger partial charge is 0.273 e. The average molecular weight is 429 g/mol. The Morgan fingerprint density at radius 2 is 1.83 bits per heavy atom. The second-order valence-electron chi connectivity index (χ2n) is 6.69. The van der Waals surface area contributed by atoms with Crippen molar-refractivity contribution in [1.29, 1.82) is 0 Å². The third-order valence-electron chi connectivity index (χ3n) is 4.55. The zero-order valence-corrected chi connectivity index (χ0v) is 17.8. The van der Waals surface area contributed by atoms with Crippen LogP contribution >= 0.6 is 23.2 Å². The molecule has 0 aliphatic rings. The Morgan fingerprint density at radius 1 is 1.10 bits per heavy atom. The van der Waals surface area contributed by atoms with Crippen LogP contribution in [-0.4, -0.2) is 17.6 Å². The summed E-state index contributed by atoms with van der Waals surface area (Å²) in [5.74, 6) is 0.251. The summed E-state index contributed by atoms with van der Waals surface area (Å²) >= 11 is 12.1. The van der Waals surface area contributed by atoms with Gasteiger partial charge in [0.1, 0.15) is 0 Å². The Hall–Kier alpha value is -2.56. The van der Waals surface area contributed by atoms with E-state index in [2.05, 4.69) is 30.4 Å². The highest BCUT2D eigenvalue weighted by Crippen LogP contribution is 2.26. The van der Waals surface area contributed by atoms with Gasteiger partial charge in [-0.25, -0.2) is 0 Å². The maximum Gasteiger partial charge on any atom is 0.273 e. The Labute approximate surface area is 180 Å². The molecule has 150 valence electrons. The first-order valence-electron chi connectivity index (χ1n) is 9.44. The molecule has 29 heavy (non-hydrogen) atoms. The van der Waals surface area contributed by atoms with Gasteiger partial charge in [0, 0.05) is 28.2 Å². The summed E-state index contributed by atoms with van der Waals surface area (Å²) < 4.78 is 5.30. The summed E-state index contributed by atoms with van der Waals surface area (Å²) in [6, 6.07) is 14.7. The maximum absolute atomic E-state index is 12.4. The molecule has 1 aromatic heterocycles. The fourth-order valence-corrected chi connectivity index (χ4v) is 3.37. The molecule has 1 heterocycles. The van der Waals surface area contributed by atoms with E-state index < -0.39 is 0 Å². The molecule has 4 nitrogen and oxygen atoms in total. The van der Waals surface area contributed by atoms with E-state index in [0.29, 0.717) is 28.8 Å². The molecular formula is C23H22Cl2N2O2. The quantitative estimate of drug-likeness (QED) is 0.462. The zero-order chi connectivity index (χ0) is 20.8. The number of halogens is 2. The molecule has 0 radical (unpaired) electrons. The number of rotatable bonds is 7. The summed E-state index contributed by atoms with van der Waals surface area (Å²) in [4.78, 5) is 12.4. The molecular weight excluding hydrogens is 407 g/mol. The van der Waals surface area contributed by atoms with Crippen molar-refractivity contribution < 1.29 is 9.32 Å². The van der Waals surface area contributed by atoms with Gasteiger partial charge in [-0.3, -0.25) is 4.79 Å². The summed E-state index contributed by atoms with van der Waals surface area (Å²) in [7, 11) is 0. The van der Waals surface area contributed by atoms with Gasteiger partial charge in [-0.2, -0.15) is 0 Å². The molecule has 1 amide bonds. The minimum Gasteiger partial charge on any atom is -0.355 e. The third kappa shape index (κ3) is 5.49. The Kier molecular flexibility index (Phi) is 7.13. The SMILES string of the molecule is CC/C=C(/CCNC(=O)c1cc(-c2ccc(Cl)cc2)on1)c1cc(Cl)ccc1C. The fraction of sp³-hybridized carbons (Fsp3) is 0.217. The van der Waals surface area contributed by atoms with Crippen LogP contribution in [0, 0.1) is 6.92 Å². The predicted octanol–water partition coefficient (Wildman–Crippen LogP) is 6.57. The highest BCUT2D eigenvalue weighted by Gasteiger charge is 2.14. The zero-order valence-electron chi connectivity index (χ0n) is 16.3. The molecule has 0 spiro atoms. The van der Waals surface area contributed by atoms with E-state index in [-0.39, 0.29) is 11.6 Å². The van der Waals surface area contributed by atoms with E-state index in [4.69, 9.17) is 27.7 Å². The highest BCUT2D eigenvalue weighted by molar-refractivity contribution is 6.31. The molecule has 6 heteroatoms. The number of carbonyl (C=O) groups excluding carboxylic acids is 1. The van der Waals surface area contributed by atoms with Crippen molar-refractivity contribution in [3.05, 3.63) is 81.5 Å². The van der Waals surface area contributed by atoms with Crippen LogP contribution < -0.4 is 5.32 Å². The molecule has 0 fully saturated rings. The van der Waals surface area contributed by atoms with Gasteiger partial charge in [0.15, 0.2) is 11.5 Å². The molecule has 0 saturated carbocycles. The van der Waals surface area contributed by atoms with Crippen molar-refractivity contribution in [2.75, 3.05) is 6.54 Å². The fourth-order valence-electron chi connectivity index (χ4n) is 3.07. The number of aromatic nitrogens is 1. The second kappa shape index (κ2) is 9.77. The largest absolute Gasteiger partial charge is 0.355 e. The van der Waals surface area contributed by atoms with E-state index in [1.165, 1.54) is 0 Å². The van der Waals surface area contributed by atoms with Crippen molar-refractivity contribution in [2.45, 2.75) is 26.7 Å². The van der Waals surface area contributed by atoms with E-state index in [1.807, 2.05) is 30.3 Å². The van der Waals surface area contributed by atoms with E-state index in [9.17, 15) is 4.79 Å². The normalized spacial score (nSPS) is 11.5. The van der Waals surface area contributed by atoms with Gasteiger partial charge in [-0.1, -0.05) is 47.4 Å². The number of nitrogens with zero attached hydrogens (tertiary/aromatic N) is 1. The number of aryl methyl sites for hydroxylation is 1. The molecule has 0 unspecified atom stereocenters. The molecule has 3 rings (SSSR count). The number of benzene rings is 2. The molecule has 3 aromatic rings. The first kappa shape index (κ1) is 21.2. The van der Waals surface area contributed by atoms with Crippen LogP contribution in [0.2, 0.25) is 10.0 Å². The first-order chi connectivity index (χ1) is 14.0. The number of carbonyl (C=O) groups is 1. The summed E-state index contributed by atoms with van der Waals surface area (Å²) in [5.41, 5.74) is 4.49. The summed E-state index contributed by atoms with van der Waals surface area (Å²) in [5, 5.41) is 8.13. The summed E-state index contributed by atoms with van der Waals surface area (Å²) in [6.45, 7) is 4.63. The van der Waals surface area contributed by atoms with Crippen molar-refractivity contribution in [1.82, 2.24) is 10.5 Å². The van der Waals surface area contributed by atoms with Crippen LogP contribution in [0.15, 0.2) is 59.1 Å². The topological polar surface area (TPSA) is 55.1 Å². The summed E-state index contributed by atoms with van der Waals surface area (Å²) in [6.07, 6.45) is 3.77. The first-order valence-corrected chi connectivity index (χ1v) is 10.2. The van der Waals surface area contributed by atoms with Crippen molar-refractivity contribution in [3.8, 4) is 11.3 Å². The molecule has 0 saturated heterocycles. The van der Waals surface area contributed by atoms with E-state index in [1.54, 1.807) is 18.2 Å². The monoisotopic (exact) mass is 428 g/mol. The van der Waals surface area contributed by atoms with Crippen molar-refractivity contribution in [2.24, 2.45) is 0 Å². The van der Waals surface area contributed by atoms with Gasteiger partial charge in [0.05, 0.1) is 0 Å². The highest BCUT2D eigenvalue weighted by atomic mass is 35.5. The van der Waals surface area contributed by atoms with Gasteiger partial charge in [0.2, 0.25) is 0 Å². The molecule has 0 bridgehead atoms. The minimum atomic E-state index is -0.271. The molecule has 1 N–H and O–H groups in total. The van der Waals surface area contributed by atoms with Crippen LogP contribution in [0.5, 0.6) is 0 Å². The minimum absolute atomic E-state index is 0.245. The number of nitrogens with one attached hydrogen (secondary N) is 1. The van der Waals surface area contributed by atoms with Crippen LogP contribution in [-0.2, 0) is 0 Å². The van der Waals surface area contributed by atoms with Gasteiger partial charge >= 0.3 is 0 Å². The number of hydrogen-bond acceptors (Lipinski definition) is 3. The Morgan fingerprint density at radius 3 is 2.55 bits per heavy atom. The number of amides is 1. The average Bonchev–Trinajstić information content (AvgIpc) is 3.20. The van der Waals surface area contributed by atoms with Crippen LogP contribution in [0.1, 0.15) is 41.4 Å². The standard InChI is InChI=1S/C23H22Cl2N2O2/c1-3-4-16(20-13-19(25)8-5-15(20)2)11-12-26-23(28)21-14-22(29-27-21)17-6-9-18(24)10-7-17/h4-10,13-14H,3,11-12H2,1-2H3,(H,26,28)/b16-4-. The van der Waals surface area contributed by atoms with Crippen LogP contribution in [0.25, 0.3) is 16.9 Å². The lowest BCUT2D eigenvalue weighted by Gasteiger charge is -2.12. The Bertz CT molecular complexity index is 1020. The molecule has 2 aromatic carbocycles. The predicted molar refractivity (Wildman–Crippen MR) is 118 cm³/mol. The van der Waals surface area contributed by atoms with Crippen LogP contribution in [0.3, 0.4) is 0 Å². The van der Waals surface area contributed by atoms with Crippen molar-refractivity contribution >= 4 is 34.7 Å². The Balaban J connectivity index is 1.63. The van der Waals surface area contributed by atoms with E-state index in [0.717, 1.165) is 28.7 Å². The molecule has 0 aliphatic carbocycles. The van der Waals surface area contributed by atoms with Crippen molar-refractivity contribution in [3.63, 3.8) is 0 Å². The third-order valence-corrected chi connectivity index (χ3v) is 5.03. The number of hydrogen-bond donors (Lipinski definition) is 1. The number of allylic oxidation sites excluding steroid dienone is 1. The maximum atomic E-state index is 12.4.